The van der Waals surface area contributed by atoms with Gasteiger partial charge >= 0.3 is 6.03 Å². The summed E-state index contributed by atoms with van der Waals surface area (Å²) in [5, 5.41) is 5.67. The maximum atomic E-state index is 11.2. The number of unbranched alkanes of at least 4 members (excludes halogenated alkanes) is 3. The minimum atomic E-state index is -0.0240. The van der Waals surface area contributed by atoms with Crippen molar-refractivity contribution < 1.29 is 4.79 Å². The van der Waals surface area contributed by atoms with Gasteiger partial charge in [-0.05, 0) is 18.8 Å². The fraction of sp³-hybridized carbons (Fsp3) is 0.923. The molecule has 0 saturated heterocycles. The van der Waals surface area contributed by atoms with Gasteiger partial charge in [0.1, 0.15) is 0 Å². The number of hydrogen-bond acceptors (Lipinski definition) is 1. The maximum Gasteiger partial charge on any atom is 0.314 e. The highest BCUT2D eigenvalue weighted by Crippen LogP contribution is 2.08. The molecule has 0 bridgehead atoms. The topological polar surface area (TPSA) is 41.1 Å². The molecular weight excluding hydrogens is 200 g/mol. The molecular formula is C13H28N2O. The fourth-order valence-corrected chi connectivity index (χ4v) is 1.53. The van der Waals surface area contributed by atoms with Crippen LogP contribution < -0.4 is 10.6 Å². The van der Waals surface area contributed by atoms with Gasteiger partial charge in [-0.3, -0.25) is 0 Å². The Labute approximate surface area is 100 Å². The second-order valence-corrected chi connectivity index (χ2v) is 4.78. The third-order valence-electron chi connectivity index (χ3n) is 2.53. The largest absolute Gasteiger partial charge is 0.338 e. The summed E-state index contributed by atoms with van der Waals surface area (Å²) < 4.78 is 0. The smallest absolute Gasteiger partial charge is 0.314 e. The van der Waals surface area contributed by atoms with Crippen molar-refractivity contribution >= 4 is 6.03 Å². The van der Waals surface area contributed by atoms with Gasteiger partial charge in [0.25, 0.3) is 0 Å². The van der Waals surface area contributed by atoms with Gasteiger partial charge in [-0.25, -0.2) is 4.79 Å². The molecule has 0 unspecified atom stereocenters. The van der Waals surface area contributed by atoms with Crippen LogP contribution in [0.1, 0.15) is 59.3 Å². The lowest BCUT2D eigenvalue weighted by atomic mass is 10.0. The number of rotatable bonds is 9. The maximum absolute atomic E-state index is 11.2. The Morgan fingerprint density at radius 2 is 1.62 bits per heavy atom. The molecule has 0 heterocycles. The average molecular weight is 228 g/mol. The number of urea groups is 1. The van der Waals surface area contributed by atoms with Crippen LogP contribution in [0, 0.1) is 5.92 Å². The van der Waals surface area contributed by atoms with E-state index in [0.29, 0.717) is 0 Å². The number of hydrogen-bond donors (Lipinski definition) is 2. The van der Waals surface area contributed by atoms with Crippen LogP contribution in [0.4, 0.5) is 4.79 Å². The zero-order valence-corrected chi connectivity index (χ0v) is 11.1. The van der Waals surface area contributed by atoms with E-state index in [9.17, 15) is 4.79 Å². The van der Waals surface area contributed by atoms with E-state index in [4.69, 9.17) is 0 Å². The first-order valence-electron chi connectivity index (χ1n) is 6.68. The zero-order chi connectivity index (χ0) is 12.2. The monoisotopic (exact) mass is 228 g/mol. The molecule has 2 amide bonds. The van der Waals surface area contributed by atoms with Crippen LogP contribution in [-0.4, -0.2) is 19.1 Å². The first-order valence-corrected chi connectivity index (χ1v) is 6.68. The van der Waals surface area contributed by atoms with Crippen LogP contribution in [0.2, 0.25) is 0 Å². The van der Waals surface area contributed by atoms with E-state index in [2.05, 4.69) is 31.4 Å². The number of nitrogens with one attached hydrogen (secondary N) is 2. The van der Waals surface area contributed by atoms with Gasteiger partial charge in [0.05, 0.1) is 0 Å². The van der Waals surface area contributed by atoms with Crippen molar-refractivity contribution in [2.24, 2.45) is 5.92 Å². The van der Waals surface area contributed by atoms with Crippen LogP contribution in [0.5, 0.6) is 0 Å². The average Bonchev–Trinajstić information content (AvgIpc) is 2.24. The van der Waals surface area contributed by atoms with Crippen LogP contribution >= 0.6 is 0 Å². The fourth-order valence-electron chi connectivity index (χ4n) is 1.53. The Bertz CT molecular complexity index is 169. The highest BCUT2D eigenvalue weighted by Gasteiger charge is 1.97. The van der Waals surface area contributed by atoms with Gasteiger partial charge in [0.2, 0.25) is 0 Å². The van der Waals surface area contributed by atoms with Crippen molar-refractivity contribution in [3.8, 4) is 0 Å². The lowest BCUT2D eigenvalue weighted by molar-refractivity contribution is 0.240. The molecule has 0 aromatic heterocycles. The molecule has 0 saturated carbocycles. The van der Waals surface area contributed by atoms with Gasteiger partial charge in [0, 0.05) is 13.1 Å². The summed E-state index contributed by atoms with van der Waals surface area (Å²) in [5.74, 6) is 0.818. The van der Waals surface area contributed by atoms with Crippen molar-refractivity contribution in [1.82, 2.24) is 10.6 Å². The Morgan fingerprint density at radius 1 is 1.00 bits per heavy atom. The zero-order valence-electron chi connectivity index (χ0n) is 11.1. The quantitative estimate of drug-likeness (QED) is 0.584. The van der Waals surface area contributed by atoms with Crippen LogP contribution in [0.15, 0.2) is 0 Å². The van der Waals surface area contributed by atoms with Gasteiger partial charge in [-0.1, -0.05) is 46.5 Å². The summed E-state index contributed by atoms with van der Waals surface area (Å²) in [5.41, 5.74) is 0. The first kappa shape index (κ1) is 15.3. The Hall–Kier alpha value is -0.730. The van der Waals surface area contributed by atoms with Gasteiger partial charge in [-0.2, -0.15) is 0 Å². The summed E-state index contributed by atoms with van der Waals surface area (Å²) in [6, 6.07) is -0.0240. The molecule has 0 fully saturated rings. The minimum absolute atomic E-state index is 0.0240. The van der Waals surface area contributed by atoms with Crippen LogP contribution in [-0.2, 0) is 0 Å². The number of carbonyl (C=O) groups excluding carboxylic acids is 1. The molecule has 0 aromatic carbocycles. The van der Waals surface area contributed by atoms with E-state index in [1.54, 1.807) is 0 Å². The highest BCUT2D eigenvalue weighted by molar-refractivity contribution is 5.73. The molecule has 0 aromatic rings. The molecule has 0 radical (unpaired) electrons. The second kappa shape index (κ2) is 10.8. The minimum Gasteiger partial charge on any atom is -0.338 e. The van der Waals surface area contributed by atoms with Gasteiger partial charge in [0.15, 0.2) is 0 Å². The molecule has 0 rings (SSSR count). The highest BCUT2D eigenvalue weighted by atomic mass is 16.2. The van der Waals surface area contributed by atoms with E-state index in [0.717, 1.165) is 31.8 Å². The molecule has 16 heavy (non-hydrogen) atoms. The van der Waals surface area contributed by atoms with E-state index in [-0.39, 0.29) is 6.03 Å². The molecule has 0 aliphatic heterocycles. The summed E-state index contributed by atoms with van der Waals surface area (Å²) in [7, 11) is 0. The Balaban J connectivity index is 3.11. The van der Waals surface area contributed by atoms with Crippen molar-refractivity contribution in [2.75, 3.05) is 13.1 Å². The second-order valence-electron chi connectivity index (χ2n) is 4.78. The van der Waals surface area contributed by atoms with Crippen LogP contribution in [0.3, 0.4) is 0 Å². The van der Waals surface area contributed by atoms with Gasteiger partial charge < -0.3 is 10.6 Å². The van der Waals surface area contributed by atoms with Crippen LogP contribution in [0.25, 0.3) is 0 Å². The Morgan fingerprint density at radius 3 is 2.25 bits per heavy atom. The van der Waals surface area contributed by atoms with Gasteiger partial charge in [-0.15, -0.1) is 0 Å². The number of carbonyl (C=O) groups is 1. The number of amides is 2. The predicted molar refractivity (Wildman–Crippen MR) is 69.6 cm³/mol. The third kappa shape index (κ3) is 11.3. The predicted octanol–water partition coefficient (Wildman–Crippen LogP) is 3.30. The summed E-state index contributed by atoms with van der Waals surface area (Å²) in [6.07, 6.45) is 7.24. The Kier molecular flexibility index (Phi) is 10.3. The summed E-state index contributed by atoms with van der Waals surface area (Å²) in [6.45, 7) is 8.14. The molecule has 2 N–H and O–H groups in total. The van der Waals surface area contributed by atoms with E-state index < -0.39 is 0 Å². The van der Waals surface area contributed by atoms with E-state index in [1.807, 2.05) is 0 Å². The summed E-state index contributed by atoms with van der Waals surface area (Å²) in [4.78, 5) is 11.2. The summed E-state index contributed by atoms with van der Waals surface area (Å²) >= 11 is 0. The van der Waals surface area contributed by atoms with Crippen molar-refractivity contribution in [2.45, 2.75) is 59.3 Å². The molecule has 0 aliphatic rings. The normalized spacial score (nSPS) is 10.5. The molecule has 3 nitrogen and oxygen atoms in total. The standard InChI is InChI=1S/C13H28N2O/c1-4-10-14-13(16)15-11-8-6-5-7-9-12(2)3/h12H,4-11H2,1-3H3,(H2,14,15,16). The van der Waals surface area contributed by atoms with E-state index in [1.165, 1.54) is 25.7 Å². The van der Waals surface area contributed by atoms with Crippen molar-refractivity contribution in [3.63, 3.8) is 0 Å². The van der Waals surface area contributed by atoms with Crippen molar-refractivity contribution in [3.05, 3.63) is 0 Å². The molecule has 0 spiro atoms. The first-order chi connectivity index (χ1) is 7.66. The molecule has 3 heteroatoms. The van der Waals surface area contributed by atoms with Crippen molar-refractivity contribution in [1.29, 1.82) is 0 Å². The lowest BCUT2D eigenvalue weighted by Crippen LogP contribution is -2.36. The molecule has 0 atom stereocenters. The molecule has 96 valence electrons. The third-order valence-corrected chi connectivity index (χ3v) is 2.53. The lowest BCUT2D eigenvalue weighted by Gasteiger charge is -2.07. The van der Waals surface area contributed by atoms with E-state index >= 15 is 0 Å². The SMILES string of the molecule is CCCNC(=O)NCCCCCCC(C)C. The molecule has 0 aliphatic carbocycles.